The van der Waals surface area contributed by atoms with Crippen LogP contribution in [0.25, 0.3) is 0 Å². The molecule has 5 nitrogen and oxygen atoms in total. The van der Waals surface area contributed by atoms with Crippen molar-refractivity contribution in [1.29, 1.82) is 0 Å². The molecule has 0 aliphatic carbocycles. The van der Waals surface area contributed by atoms with Crippen molar-refractivity contribution in [2.75, 3.05) is 0 Å². The quantitative estimate of drug-likeness (QED) is 0.556. The van der Waals surface area contributed by atoms with Crippen molar-refractivity contribution < 1.29 is 23.1 Å². The van der Waals surface area contributed by atoms with Gasteiger partial charge in [-0.25, -0.2) is 0 Å². The monoisotopic (exact) mass is 220 g/mol. The summed E-state index contributed by atoms with van der Waals surface area (Å²) in [5, 5.41) is 0. The molecule has 2 N–H and O–H groups in total. The molecule has 0 aliphatic rings. The van der Waals surface area contributed by atoms with E-state index >= 15 is 0 Å². The Labute approximate surface area is 77.6 Å². The van der Waals surface area contributed by atoms with Gasteiger partial charge in [-0.05, 0) is 0 Å². The molecule has 0 unspecified atom stereocenters. The van der Waals surface area contributed by atoms with Crippen molar-refractivity contribution in [1.82, 2.24) is 0 Å². The average molecular weight is 222 g/mol. The Hall–Kier alpha value is -0.997. The number of nitroso groups, excluding NO2 is 2. The zero-order valence-electron chi connectivity index (χ0n) is 6.38. The van der Waals surface area contributed by atoms with Gasteiger partial charge in [0.1, 0.15) is 0 Å². The summed E-state index contributed by atoms with van der Waals surface area (Å²) < 4.78 is 4.62. The van der Waals surface area contributed by atoms with Crippen molar-refractivity contribution in [2.45, 2.75) is 0 Å². The number of hydrogen-bond donors (Lipinski definition) is 0. The summed E-state index contributed by atoms with van der Waals surface area (Å²) >= 11 is -1.76. The first kappa shape index (κ1) is 13.6. The van der Waals surface area contributed by atoms with E-state index in [0.717, 1.165) is 0 Å². The van der Waals surface area contributed by atoms with Crippen molar-refractivity contribution in [2.24, 2.45) is 7.84 Å². The van der Waals surface area contributed by atoms with Gasteiger partial charge < -0.3 is 5.48 Å². The molecule has 0 aliphatic heterocycles. The van der Waals surface area contributed by atoms with E-state index in [1.807, 2.05) is 36.4 Å². The van der Waals surface area contributed by atoms with Crippen LogP contribution < -0.4 is 0 Å². The molecule has 1 aromatic rings. The van der Waals surface area contributed by atoms with Crippen LogP contribution >= 0.6 is 0 Å². The minimum atomic E-state index is -1.76. The Bertz CT molecular complexity index is 163. The van der Waals surface area contributed by atoms with Gasteiger partial charge in [0.05, 0.1) is 0 Å². The molecule has 0 aromatic heterocycles. The second-order valence-corrected chi connectivity index (χ2v) is 3.23. The molecule has 1 aromatic carbocycles. The summed E-state index contributed by atoms with van der Waals surface area (Å²) in [5.74, 6) is 0. The summed E-state index contributed by atoms with van der Waals surface area (Å²) in [6.07, 6.45) is 0. The number of hydrogen-bond acceptors (Lipinski definition) is 4. The fraction of sp³-hybridized carbons (Fsp3) is 0. The molecule has 6 heteroatoms. The Morgan fingerprint density at radius 3 is 1.08 bits per heavy atom. The average Bonchev–Trinajstić information content (AvgIpc) is 2.10. The minimum Gasteiger partial charge on any atom is -0.0623 e. The Morgan fingerprint density at radius 2 is 1.00 bits per heavy atom. The fourth-order valence-corrected chi connectivity index (χ4v) is 0.507. The van der Waals surface area contributed by atoms with E-state index < -0.39 is 17.6 Å². The zero-order chi connectivity index (χ0) is 8.36. The van der Waals surface area contributed by atoms with Crippen LogP contribution in [0.4, 0.5) is 0 Å². The van der Waals surface area contributed by atoms with Crippen LogP contribution in [-0.4, -0.2) is 5.48 Å². The first-order valence-corrected chi connectivity index (χ1v) is 5.65. The first-order chi connectivity index (χ1) is 5.41. The molecule has 0 amide bonds. The first-order valence-electron chi connectivity index (χ1n) is 3.00. The maximum Gasteiger partial charge on any atom is -0.0623 e. The zero-order valence-corrected chi connectivity index (χ0v) is 9.35. The molecule has 0 atom stereocenters. The van der Waals surface area contributed by atoms with Gasteiger partial charge in [-0.3, -0.25) is 0 Å². The molecule has 62 valence electrons. The van der Waals surface area contributed by atoms with E-state index in [9.17, 15) is 0 Å². The number of nitrogens with zero attached hydrogens (tertiary/aromatic N) is 2. The van der Waals surface area contributed by atoms with Crippen LogP contribution in [-0.2, 0) is 17.6 Å². The molecule has 0 saturated heterocycles. The largest absolute Gasteiger partial charge is 0.0623 e. The van der Waals surface area contributed by atoms with Crippen molar-refractivity contribution in [3.05, 3.63) is 46.2 Å². The molecule has 0 bridgehead atoms. The Kier molecular flexibility index (Phi) is 14.3. The predicted molar refractivity (Wildman–Crippen MR) is 41.6 cm³/mol. The van der Waals surface area contributed by atoms with Gasteiger partial charge in [0, 0.05) is 0 Å². The molecular formula is C6H8N2O3Zn. The maximum absolute atomic E-state index is 8.94. The maximum atomic E-state index is 8.94. The SMILES string of the molecule is O.O=[N][Zn][N]=O.c1ccccc1. The molecule has 12 heavy (non-hydrogen) atoms. The van der Waals surface area contributed by atoms with Gasteiger partial charge in [-0.15, -0.1) is 0 Å². The van der Waals surface area contributed by atoms with Crippen LogP contribution in [0.5, 0.6) is 0 Å². The van der Waals surface area contributed by atoms with Gasteiger partial charge >= 0.3 is 35.3 Å². The van der Waals surface area contributed by atoms with E-state index in [2.05, 4.69) is 7.84 Å². The van der Waals surface area contributed by atoms with E-state index in [4.69, 9.17) is 9.81 Å². The van der Waals surface area contributed by atoms with E-state index in [1.54, 1.807) is 0 Å². The van der Waals surface area contributed by atoms with Crippen molar-refractivity contribution in [3.8, 4) is 0 Å². The van der Waals surface area contributed by atoms with E-state index in [-0.39, 0.29) is 5.48 Å². The van der Waals surface area contributed by atoms with E-state index in [0.29, 0.717) is 0 Å². The third kappa shape index (κ3) is 11.8. The minimum absolute atomic E-state index is 0. The fourth-order valence-electron chi connectivity index (χ4n) is 0.408. The Morgan fingerprint density at radius 1 is 0.750 bits per heavy atom. The van der Waals surface area contributed by atoms with Crippen LogP contribution in [0.3, 0.4) is 0 Å². The molecule has 0 heterocycles. The summed E-state index contributed by atoms with van der Waals surface area (Å²) in [5.41, 5.74) is 0. The van der Waals surface area contributed by atoms with Crippen molar-refractivity contribution in [3.63, 3.8) is 0 Å². The molecule has 0 saturated carbocycles. The number of rotatable bonds is 2. The van der Waals surface area contributed by atoms with Gasteiger partial charge in [0.15, 0.2) is 0 Å². The summed E-state index contributed by atoms with van der Waals surface area (Å²) in [6, 6.07) is 12.0. The van der Waals surface area contributed by atoms with Crippen LogP contribution in [0.2, 0.25) is 0 Å². The van der Waals surface area contributed by atoms with Gasteiger partial charge in [0.2, 0.25) is 0 Å². The molecule has 0 fully saturated rings. The Balaban J connectivity index is 0. The number of benzene rings is 1. The van der Waals surface area contributed by atoms with Gasteiger partial charge in [0.25, 0.3) is 0 Å². The van der Waals surface area contributed by atoms with Gasteiger partial charge in [-0.2, -0.15) is 0 Å². The second kappa shape index (κ2) is 12.7. The summed E-state index contributed by atoms with van der Waals surface area (Å²) in [7, 11) is 0. The predicted octanol–water partition coefficient (Wildman–Crippen LogP) is 1.29. The van der Waals surface area contributed by atoms with Crippen LogP contribution in [0.15, 0.2) is 44.2 Å². The summed E-state index contributed by atoms with van der Waals surface area (Å²) in [4.78, 5) is 17.9. The van der Waals surface area contributed by atoms with E-state index in [1.165, 1.54) is 0 Å². The van der Waals surface area contributed by atoms with Gasteiger partial charge in [-0.1, -0.05) is 36.4 Å². The topological polar surface area (TPSA) is 90.4 Å². The molecule has 0 spiro atoms. The van der Waals surface area contributed by atoms with Crippen LogP contribution in [0.1, 0.15) is 0 Å². The van der Waals surface area contributed by atoms with Crippen LogP contribution in [0, 0.1) is 9.81 Å². The summed E-state index contributed by atoms with van der Waals surface area (Å²) in [6.45, 7) is 0. The third-order valence-corrected chi connectivity index (χ3v) is 1.27. The second-order valence-electron chi connectivity index (χ2n) is 1.55. The standard InChI is InChI=1S/C6H6.2NO.H2O.Zn/c1-2-4-6-5-3-1;2*1-2;;/h1-6H;;;1H2;/q;2*-1;;+2. The smallest absolute Gasteiger partial charge is 0.0623 e. The third-order valence-electron chi connectivity index (χ3n) is 0.782. The molecule has 1 rings (SSSR count). The normalized spacial score (nSPS) is 6.00. The van der Waals surface area contributed by atoms with Crippen molar-refractivity contribution >= 4 is 0 Å². The molecular weight excluding hydrogens is 213 g/mol. The molecule has 0 radical (unpaired) electrons.